The Balaban J connectivity index is 2.12. The molecule has 0 radical (unpaired) electrons. The van der Waals surface area contributed by atoms with Crippen LogP contribution in [0.2, 0.25) is 0 Å². The van der Waals surface area contributed by atoms with E-state index in [-0.39, 0.29) is 5.56 Å². The van der Waals surface area contributed by atoms with Crippen molar-refractivity contribution < 1.29 is 0 Å². The molecule has 0 atom stereocenters. The lowest BCUT2D eigenvalue weighted by Gasteiger charge is -2.07. The van der Waals surface area contributed by atoms with Crippen molar-refractivity contribution in [1.82, 2.24) is 15.0 Å². The van der Waals surface area contributed by atoms with Crippen LogP contribution < -0.4 is 11.3 Å². The van der Waals surface area contributed by atoms with Crippen molar-refractivity contribution in [1.29, 1.82) is 0 Å². The first-order valence-corrected chi connectivity index (χ1v) is 6.93. The molecule has 0 amide bonds. The summed E-state index contributed by atoms with van der Waals surface area (Å²) in [4.78, 5) is 23.5. The number of rotatable bonds is 3. The average Bonchev–Trinajstić information content (AvgIpc) is 2.50. The largest absolute Gasteiger partial charge is 0.383 e. The third-order valence-corrected chi connectivity index (χ3v) is 3.42. The molecule has 2 aromatic heterocycles. The predicted octanol–water partition coefficient (Wildman–Crippen LogP) is 2.52. The maximum atomic E-state index is 12.1. The molecule has 0 bridgehead atoms. The van der Waals surface area contributed by atoms with E-state index in [1.165, 1.54) is 0 Å². The molecule has 21 heavy (non-hydrogen) atoms. The summed E-state index contributed by atoms with van der Waals surface area (Å²) >= 11 is 0. The zero-order chi connectivity index (χ0) is 14.8. The summed E-state index contributed by atoms with van der Waals surface area (Å²) in [7, 11) is 0. The van der Waals surface area contributed by atoms with Gasteiger partial charge in [0.2, 0.25) is 0 Å². The van der Waals surface area contributed by atoms with Crippen LogP contribution in [-0.2, 0) is 6.42 Å². The number of nitrogen functional groups attached to an aromatic ring is 1. The second-order valence-electron chi connectivity index (χ2n) is 4.94. The van der Waals surface area contributed by atoms with Crippen molar-refractivity contribution >= 4 is 16.7 Å². The number of aromatic nitrogens is 3. The van der Waals surface area contributed by atoms with E-state index in [2.05, 4.69) is 15.0 Å². The van der Waals surface area contributed by atoms with Crippen LogP contribution in [0.5, 0.6) is 0 Å². The number of H-pyrrole nitrogens is 1. The van der Waals surface area contributed by atoms with Gasteiger partial charge in [0, 0.05) is 17.1 Å². The van der Waals surface area contributed by atoms with Crippen LogP contribution in [0, 0.1) is 0 Å². The van der Waals surface area contributed by atoms with Gasteiger partial charge >= 0.3 is 0 Å². The minimum absolute atomic E-state index is 0.161. The molecule has 0 fully saturated rings. The van der Waals surface area contributed by atoms with Gasteiger partial charge in [-0.2, -0.15) is 0 Å². The molecule has 5 heteroatoms. The fourth-order valence-corrected chi connectivity index (χ4v) is 2.37. The fourth-order valence-electron chi connectivity index (χ4n) is 2.37. The molecule has 3 N–H and O–H groups in total. The van der Waals surface area contributed by atoms with E-state index in [1.54, 1.807) is 6.20 Å². The lowest BCUT2D eigenvalue weighted by molar-refractivity contribution is 0.892. The number of pyridine rings is 1. The van der Waals surface area contributed by atoms with Crippen LogP contribution in [-0.4, -0.2) is 15.0 Å². The molecule has 0 aliphatic carbocycles. The first kappa shape index (κ1) is 13.3. The zero-order valence-corrected chi connectivity index (χ0v) is 11.8. The Morgan fingerprint density at radius 1 is 1.29 bits per heavy atom. The van der Waals surface area contributed by atoms with Crippen LogP contribution in [0.3, 0.4) is 0 Å². The smallest absolute Gasteiger partial charge is 0.256 e. The van der Waals surface area contributed by atoms with E-state index in [4.69, 9.17) is 5.73 Å². The molecule has 0 spiro atoms. The maximum absolute atomic E-state index is 12.1. The van der Waals surface area contributed by atoms with Crippen LogP contribution in [0.4, 0.5) is 5.82 Å². The SMILES string of the molecule is CCCc1c(N)nc(-c2ccc3ncccc3c2)[nH]c1=O. The van der Waals surface area contributed by atoms with Crippen molar-refractivity contribution in [2.45, 2.75) is 19.8 Å². The van der Waals surface area contributed by atoms with Crippen molar-refractivity contribution in [3.8, 4) is 11.4 Å². The van der Waals surface area contributed by atoms with Gasteiger partial charge in [-0.3, -0.25) is 9.78 Å². The summed E-state index contributed by atoms with van der Waals surface area (Å²) in [5, 5.41) is 0.994. The van der Waals surface area contributed by atoms with Gasteiger partial charge in [-0.15, -0.1) is 0 Å². The molecule has 106 valence electrons. The highest BCUT2D eigenvalue weighted by atomic mass is 16.1. The number of nitrogens with zero attached hydrogens (tertiary/aromatic N) is 2. The molecular weight excluding hydrogens is 264 g/mol. The van der Waals surface area contributed by atoms with E-state index in [0.717, 1.165) is 22.9 Å². The van der Waals surface area contributed by atoms with E-state index in [1.807, 2.05) is 37.3 Å². The summed E-state index contributed by atoms with van der Waals surface area (Å²) in [6.07, 6.45) is 3.24. The first-order valence-electron chi connectivity index (χ1n) is 6.93. The summed E-state index contributed by atoms with van der Waals surface area (Å²) in [6.45, 7) is 2.00. The molecule has 0 saturated carbocycles. The highest BCUT2D eigenvalue weighted by molar-refractivity contribution is 5.83. The van der Waals surface area contributed by atoms with Gasteiger partial charge in [0.15, 0.2) is 0 Å². The Morgan fingerprint density at radius 3 is 2.90 bits per heavy atom. The Morgan fingerprint density at radius 2 is 2.14 bits per heavy atom. The third kappa shape index (κ3) is 2.50. The van der Waals surface area contributed by atoms with Crippen LogP contribution >= 0.6 is 0 Å². The minimum Gasteiger partial charge on any atom is -0.383 e. The Hall–Kier alpha value is -2.69. The summed E-state index contributed by atoms with van der Waals surface area (Å²) in [5.41, 5.74) is 8.04. The van der Waals surface area contributed by atoms with Gasteiger partial charge in [-0.1, -0.05) is 19.4 Å². The third-order valence-electron chi connectivity index (χ3n) is 3.42. The van der Waals surface area contributed by atoms with E-state index < -0.39 is 0 Å². The van der Waals surface area contributed by atoms with Gasteiger partial charge < -0.3 is 10.7 Å². The minimum atomic E-state index is -0.161. The van der Waals surface area contributed by atoms with Crippen LogP contribution in [0.15, 0.2) is 41.3 Å². The quantitative estimate of drug-likeness (QED) is 0.772. The number of anilines is 1. The molecule has 3 aromatic rings. The molecule has 0 aliphatic heterocycles. The van der Waals surface area contributed by atoms with Gasteiger partial charge in [0.1, 0.15) is 11.6 Å². The number of hydrogen-bond acceptors (Lipinski definition) is 4. The molecule has 1 aromatic carbocycles. The highest BCUT2D eigenvalue weighted by Crippen LogP contribution is 2.21. The summed E-state index contributed by atoms with van der Waals surface area (Å²) in [6, 6.07) is 9.58. The topological polar surface area (TPSA) is 84.7 Å². The highest BCUT2D eigenvalue weighted by Gasteiger charge is 2.10. The van der Waals surface area contributed by atoms with Gasteiger partial charge in [0.25, 0.3) is 5.56 Å². The lowest BCUT2D eigenvalue weighted by atomic mass is 10.1. The summed E-state index contributed by atoms with van der Waals surface area (Å²) in [5.74, 6) is 0.796. The Kier molecular flexibility index (Phi) is 3.39. The van der Waals surface area contributed by atoms with Crippen molar-refractivity contribution in [3.05, 3.63) is 52.4 Å². The number of fused-ring (bicyclic) bond motifs is 1. The lowest BCUT2D eigenvalue weighted by Crippen LogP contribution is -2.18. The molecule has 5 nitrogen and oxygen atoms in total. The van der Waals surface area contributed by atoms with Crippen molar-refractivity contribution in [3.63, 3.8) is 0 Å². The number of benzene rings is 1. The molecule has 0 unspecified atom stereocenters. The fraction of sp³-hybridized carbons (Fsp3) is 0.188. The normalized spacial score (nSPS) is 10.9. The van der Waals surface area contributed by atoms with E-state index in [9.17, 15) is 4.79 Å². The molecular formula is C16H16N4O. The van der Waals surface area contributed by atoms with Gasteiger partial charge in [-0.05, 0) is 30.7 Å². The van der Waals surface area contributed by atoms with Crippen LogP contribution in [0.25, 0.3) is 22.3 Å². The number of aromatic amines is 1. The van der Waals surface area contributed by atoms with Gasteiger partial charge in [-0.25, -0.2) is 4.98 Å². The summed E-state index contributed by atoms with van der Waals surface area (Å²) < 4.78 is 0. The Labute approximate surface area is 121 Å². The zero-order valence-electron chi connectivity index (χ0n) is 11.8. The van der Waals surface area contributed by atoms with E-state index in [0.29, 0.717) is 23.6 Å². The number of nitrogens with one attached hydrogen (secondary N) is 1. The van der Waals surface area contributed by atoms with Gasteiger partial charge in [0.05, 0.1) is 11.1 Å². The number of nitrogens with two attached hydrogens (primary N) is 1. The Bertz CT molecular complexity index is 854. The molecule has 2 heterocycles. The average molecular weight is 280 g/mol. The molecule has 0 aliphatic rings. The molecule has 3 rings (SSSR count). The van der Waals surface area contributed by atoms with Crippen molar-refractivity contribution in [2.24, 2.45) is 0 Å². The second kappa shape index (κ2) is 5.36. The maximum Gasteiger partial charge on any atom is 0.256 e. The number of hydrogen-bond donors (Lipinski definition) is 2. The van der Waals surface area contributed by atoms with Crippen LogP contribution in [0.1, 0.15) is 18.9 Å². The second-order valence-corrected chi connectivity index (χ2v) is 4.94. The monoisotopic (exact) mass is 280 g/mol. The standard InChI is InChI=1S/C16H16N4O/c1-2-4-12-14(17)19-15(20-16(12)21)11-6-7-13-10(9-11)5-3-8-18-13/h3,5-9H,2,4H2,1H3,(H3,17,19,20,21). The van der Waals surface area contributed by atoms with Crippen molar-refractivity contribution in [2.75, 3.05) is 5.73 Å². The van der Waals surface area contributed by atoms with E-state index >= 15 is 0 Å². The molecule has 0 saturated heterocycles. The predicted molar refractivity (Wildman–Crippen MR) is 84.0 cm³/mol. The first-order chi connectivity index (χ1) is 10.2.